The fraction of sp³-hybridized carbons (Fsp3) is 0.200. The zero-order chi connectivity index (χ0) is 22.5. The number of hydrogen-bond acceptors (Lipinski definition) is 5. The third-order valence-corrected chi connectivity index (χ3v) is 6.11. The van der Waals surface area contributed by atoms with E-state index in [1.54, 1.807) is 24.3 Å². The highest BCUT2D eigenvalue weighted by atomic mass is 16.5. The van der Waals surface area contributed by atoms with E-state index in [0.29, 0.717) is 41.6 Å². The molecule has 0 radical (unpaired) electrons. The van der Waals surface area contributed by atoms with Gasteiger partial charge < -0.3 is 19.6 Å². The number of carbonyl (C=O) groups is 2. The molecule has 0 saturated carbocycles. The minimum atomic E-state index is -1.48. The molecule has 0 spiro atoms. The van der Waals surface area contributed by atoms with Crippen LogP contribution in [0.5, 0.6) is 0 Å². The summed E-state index contributed by atoms with van der Waals surface area (Å²) in [4.78, 5) is 28.6. The summed E-state index contributed by atoms with van der Waals surface area (Å²) in [6, 6.07) is 13.8. The summed E-state index contributed by atoms with van der Waals surface area (Å²) >= 11 is 0. The van der Waals surface area contributed by atoms with Crippen molar-refractivity contribution in [2.45, 2.75) is 31.7 Å². The van der Waals surface area contributed by atoms with Crippen LogP contribution >= 0.6 is 0 Å². The molecule has 4 aromatic rings. The van der Waals surface area contributed by atoms with E-state index >= 15 is 0 Å². The van der Waals surface area contributed by atoms with Gasteiger partial charge in [0, 0.05) is 34.3 Å². The van der Waals surface area contributed by atoms with Crippen molar-refractivity contribution in [3.8, 4) is 22.8 Å². The number of benzene rings is 2. The molecule has 1 aliphatic rings. The van der Waals surface area contributed by atoms with E-state index in [1.807, 2.05) is 18.2 Å². The quantitative estimate of drug-likeness (QED) is 0.295. The average molecular weight is 426 g/mol. The van der Waals surface area contributed by atoms with E-state index < -0.39 is 11.3 Å². The number of hydrogen-bond donors (Lipinski definition) is 1. The number of nitrogens with two attached hydrogens (primary N) is 1. The van der Waals surface area contributed by atoms with E-state index in [4.69, 9.17) is 10.3 Å². The van der Waals surface area contributed by atoms with Crippen molar-refractivity contribution in [3.05, 3.63) is 71.9 Å². The summed E-state index contributed by atoms with van der Waals surface area (Å²) in [5.74, 6) is 0.0910. The van der Waals surface area contributed by atoms with Crippen LogP contribution in [-0.2, 0) is 21.4 Å². The van der Waals surface area contributed by atoms with Crippen molar-refractivity contribution in [1.29, 1.82) is 0 Å². The highest BCUT2D eigenvalue weighted by Crippen LogP contribution is 2.37. The average Bonchev–Trinajstić information content (AvgIpc) is 3.45. The second-order valence-electron chi connectivity index (χ2n) is 8.30. The Morgan fingerprint density at radius 2 is 2.09 bits per heavy atom. The lowest BCUT2D eigenvalue weighted by Gasteiger charge is -2.28. The van der Waals surface area contributed by atoms with Crippen LogP contribution in [0.1, 0.15) is 31.0 Å². The zero-order valence-corrected chi connectivity index (χ0v) is 17.8. The Balaban J connectivity index is 1.57. The molecule has 1 amide bonds. The number of aldehydes is 1. The molecule has 2 aromatic heterocycles. The lowest BCUT2D eigenvalue weighted by Crippen LogP contribution is -2.43. The predicted octanol–water partition coefficient (Wildman–Crippen LogP) is 3.97. The first-order chi connectivity index (χ1) is 15.4. The van der Waals surface area contributed by atoms with E-state index in [-0.39, 0.29) is 0 Å². The zero-order valence-electron chi connectivity index (χ0n) is 17.8. The van der Waals surface area contributed by atoms with Crippen molar-refractivity contribution >= 4 is 23.1 Å². The molecule has 1 unspecified atom stereocenters. The van der Waals surface area contributed by atoms with Crippen molar-refractivity contribution in [2.75, 3.05) is 0 Å². The van der Waals surface area contributed by atoms with Gasteiger partial charge in [0.1, 0.15) is 11.7 Å². The number of primary amides is 1. The highest BCUT2D eigenvalue weighted by Gasteiger charge is 2.40. The molecular weight excluding hydrogens is 404 g/mol. The van der Waals surface area contributed by atoms with E-state index in [9.17, 15) is 9.59 Å². The molecule has 5 rings (SSSR count). The Morgan fingerprint density at radius 1 is 1.25 bits per heavy atom. The summed E-state index contributed by atoms with van der Waals surface area (Å²) in [6.45, 7) is 4.29. The lowest BCUT2D eigenvalue weighted by molar-refractivity contribution is -0.126. The van der Waals surface area contributed by atoms with E-state index in [1.165, 1.54) is 0 Å². The van der Waals surface area contributed by atoms with Gasteiger partial charge in [0.2, 0.25) is 11.7 Å². The van der Waals surface area contributed by atoms with Gasteiger partial charge in [0.05, 0.1) is 0 Å². The van der Waals surface area contributed by atoms with E-state index in [2.05, 4.69) is 46.9 Å². The van der Waals surface area contributed by atoms with Gasteiger partial charge in [-0.05, 0) is 55.7 Å². The normalized spacial score (nSPS) is 17.6. The number of nitrogens with zero attached hydrogens (tertiary/aromatic N) is 3. The van der Waals surface area contributed by atoms with Crippen LogP contribution in [0.4, 0.5) is 0 Å². The fourth-order valence-corrected chi connectivity index (χ4v) is 4.43. The molecule has 160 valence electrons. The van der Waals surface area contributed by atoms with Gasteiger partial charge in [-0.15, -0.1) is 0 Å². The van der Waals surface area contributed by atoms with Gasteiger partial charge >= 0.3 is 0 Å². The molecule has 2 N–H and O–H groups in total. The number of aromatic nitrogens is 3. The second kappa shape index (κ2) is 7.30. The highest BCUT2D eigenvalue weighted by molar-refractivity contribution is 6.05. The van der Waals surface area contributed by atoms with Crippen LogP contribution in [0.15, 0.2) is 65.3 Å². The van der Waals surface area contributed by atoms with Crippen LogP contribution in [0.25, 0.3) is 33.7 Å². The number of rotatable bonds is 5. The fourth-order valence-electron chi connectivity index (χ4n) is 4.43. The first-order valence-corrected chi connectivity index (χ1v) is 10.5. The molecule has 0 fully saturated rings. The Labute approximate surface area is 184 Å². The SMILES string of the molecule is CC(C)n1ccc2cc(-c3nc(-c4cccc5c4CC=CC5(C=O)C(N)=O)no3)ccc21. The summed E-state index contributed by atoms with van der Waals surface area (Å²) in [6.07, 6.45) is 6.54. The summed E-state index contributed by atoms with van der Waals surface area (Å²) < 4.78 is 7.79. The summed E-state index contributed by atoms with van der Waals surface area (Å²) in [5.41, 5.74) is 8.13. The smallest absolute Gasteiger partial charge is 0.258 e. The number of fused-ring (bicyclic) bond motifs is 2. The van der Waals surface area contributed by atoms with Crippen LogP contribution in [0, 0.1) is 0 Å². The third-order valence-electron chi connectivity index (χ3n) is 6.11. The molecule has 0 bridgehead atoms. The second-order valence-corrected chi connectivity index (χ2v) is 8.30. The first kappa shape index (κ1) is 19.9. The number of amides is 1. The molecule has 7 heteroatoms. The van der Waals surface area contributed by atoms with Crippen LogP contribution in [-0.4, -0.2) is 26.9 Å². The topological polar surface area (TPSA) is 104 Å². The summed E-state index contributed by atoms with van der Waals surface area (Å²) in [5, 5.41) is 5.28. The minimum Gasteiger partial charge on any atom is -0.368 e. The molecule has 7 nitrogen and oxygen atoms in total. The van der Waals surface area contributed by atoms with Crippen molar-refractivity contribution in [3.63, 3.8) is 0 Å². The first-order valence-electron chi connectivity index (χ1n) is 10.5. The minimum absolute atomic E-state index is 0.366. The molecule has 1 atom stereocenters. The van der Waals surface area contributed by atoms with Crippen molar-refractivity contribution in [1.82, 2.24) is 14.7 Å². The third kappa shape index (κ3) is 2.89. The number of allylic oxidation sites excluding steroid dienone is 1. The molecule has 2 aromatic carbocycles. The molecule has 32 heavy (non-hydrogen) atoms. The standard InChI is InChI=1S/C25H22N4O3/c1-15(2)29-12-10-16-13-17(8-9-21(16)29)23-27-22(28-32-23)19-5-3-7-20-18(19)6-4-11-25(20,14-30)24(26)31/h3-5,7-15H,6H2,1-2H3,(H2,26,31). The Hall–Kier alpha value is -4.00. The van der Waals surface area contributed by atoms with Crippen molar-refractivity contribution < 1.29 is 14.1 Å². The molecule has 2 heterocycles. The van der Waals surface area contributed by atoms with Crippen LogP contribution in [0.2, 0.25) is 0 Å². The Bertz CT molecular complexity index is 1400. The lowest BCUT2D eigenvalue weighted by atomic mass is 9.73. The van der Waals surface area contributed by atoms with Gasteiger partial charge in [-0.2, -0.15) is 4.98 Å². The Kier molecular flexibility index (Phi) is 4.55. The molecule has 0 aliphatic heterocycles. The largest absolute Gasteiger partial charge is 0.368 e. The maximum absolute atomic E-state index is 12.1. The monoisotopic (exact) mass is 426 g/mol. The van der Waals surface area contributed by atoms with Crippen molar-refractivity contribution in [2.24, 2.45) is 5.73 Å². The number of carbonyl (C=O) groups excluding carboxylic acids is 2. The van der Waals surface area contributed by atoms with Gasteiger partial charge in [-0.3, -0.25) is 4.79 Å². The Morgan fingerprint density at radius 3 is 2.84 bits per heavy atom. The maximum Gasteiger partial charge on any atom is 0.258 e. The predicted molar refractivity (Wildman–Crippen MR) is 121 cm³/mol. The molecular formula is C25H22N4O3. The van der Waals surface area contributed by atoms with Crippen LogP contribution < -0.4 is 5.73 Å². The van der Waals surface area contributed by atoms with Gasteiger partial charge in [0.15, 0.2) is 0 Å². The summed E-state index contributed by atoms with van der Waals surface area (Å²) in [7, 11) is 0. The molecule has 0 saturated heterocycles. The molecule has 1 aliphatic carbocycles. The van der Waals surface area contributed by atoms with Gasteiger partial charge in [0.25, 0.3) is 5.89 Å². The van der Waals surface area contributed by atoms with Crippen LogP contribution in [0.3, 0.4) is 0 Å². The maximum atomic E-state index is 12.1. The van der Waals surface area contributed by atoms with E-state index in [0.717, 1.165) is 22.0 Å². The van der Waals surface area contributed by atoms with Gasteiger partial charge in [-0.1, -0.05) is 35.5 Å². The van der Waals surface area contributed by atoms with Gasteiger partial charge in [-0.25, -0.2) is 0 Å².